The maximum absolute atomic E-state index is 11.7. The number of carboxylic acids is 1. The molecule has 1 aromatic rings. The van der Waals surface area contributed by atoms with Gasteiger partial charge in [0.1, 0.15) is 5.54 Å². The van der Waals surface area contributed by atoms with Gasteiger partial charge < -0.3 is 5.11 Å². The molecule has 1 aliphatic rings. The van der Waals surface area contributed by atoms with Gasteiger partial charge in [-0.2, -0.15) is 0 Å². The fourth-order valence-electron chi connectivity index (χ4n) is 3.00. The Morgan fingerprint density at radius 1 is 1.40 bits per heavy atom. The Bertz CT molecular complexity index is 521. The second kappa shape index (κ2) is 5.92. The van der Waals surface area contributed by atoms with Crippen molar-refractivity contribution >= 4 is 29.2 Å². The summed E-state index contributed by atoms with van der Waals surface area (Å²) in [5, 5.41) is 10.6. The van der Waals surface area contributed by atoms with Gasteiger partial charge in [-0.3, -0.25) is 9.69 Å². The third kappa shape index (κ3) is 2.67. The zero-order valence-corrected chi connectivity index (χ0v) is 13.2. The minimum Gasteiger partial charge on any atom is -0.480 e. The molecule has 5 heteroatoms. The molecule has 1 aliphatic heterocycles. The molecular weight excluding hydrogens is 297 g/mol. The average molecular weight is 316 g/mol. The summed E-state index contributed by atoms with van der Waals surface area (Å²) >= 11 is 12.3. The van der Waals surface area contributed by atoms with E-state index in [4.69, 9.17) is 23.2 Å². The Morgan fingerprint density at radius 3 is 2.75 bits per heavy atom. The average Bonchev–Trinajstić information content (AvgIpc) is 2.41. The molecule has 3 nitrogen and oxygen atoms in total. The SMILES string of the molecule is CC(c1cccc(Cl)c1Cl)N1CCCCC1(C)C(=O)O. The molecule has 0 saturated carbocycles. The van der Waals surface area contributed by atoms with Crippen LogP contribution in [0.5, 0.6) is 0 Å². The molecule has 0 aromatic heterocycles. The van der Waals surface area contributed by atoms with Crippen LogP contribution in [0, 0.1) is 0 Å². The highest BCUT2D eigenvalue weighted by molar-refractivity contribution is 6.42. The molecule has 0 bridgehead atoms. The first-order chi connectivity index (χ1) is 9.38. The van der Waals surface area contributed by atoms with E-state index in [2.05, 4.69) is 0 Å². The second-order valence-electron chi connectivity index (χ2n) is 5.55. The standard InChI is InChI=1S/C15H19Cl2NO2/c1-10(11-6-5-7-12(16)13(11)17)18-9-4-3-8-15(18,2)14(19)20/h5-7,10H,3-4,8-9H2,1-2H3,(H,19,20). The minimum absolute atomic E-state index is 0.0809. The van der Waals surface area contributed by atoms with E-state index in [1.165, 1.54) is 0 Å². The molecule has 0 aliphatic carbocycles. The van der Waals surface area contributed by atoms with E-state index in [1.54, 1.807) is 13.0 Å². The summed E-state index contributed by atoms with van der Waals surface area (Å²) in [5.41, 5.74) is 0.0390. The summed E-state index contributed by atoms with van der Waals surface area (Å²) in [7, 11) is 0. The van der Waals surface area contributed by atoms with Crippen molar-refractivity contribution in [3.05, 3.63) is 33.8 Å². The number of benzene rings is 1. The van der Waals surface area contributed by atoms with Gasteiger partial charge in [-0.15, -0.1) is 0 Å². The van der Waals surface area contributed by atoms with Gasteiger partial charge in [0.15, 0.2) is 0 Å². The molecule has 110 valence electrons. The first kappa shape index (κ1) is 15.6. The van der Waals surface area contributed by atoms with Gasteiger partial charge in [0, 0.05) is 6.04 Å². The maximum Gasteiger partial charge on any atom is 0.323 e. The van der Waals surface area contributed by atoms with E-state index in [0.29, 0.717) is 16.5 Å². The van der Waals surface area contributed by atoms with Gasteiger partial charge in [0.2, 0.25) is 0 Å². The molecule has 1 aromatic carbocycles. The number of piperidine rings is 1. The fraction of sp³-hybridized carbons (Fsp3) is 0.533. The van der Waals surface area contributed by atoms with Crippen molar-refractivity contribution in [1.82, 2.24) is 4.90 Å². The van der Waals surface area contributed by atoms with Crippen LogP contribution in [-0.4, -0.2) is 28.1 Å². The number of likely N-dealkylation sites (tertiary alicyclic amines) is 1. The highest BCUT2D eigenvalue weighted by Crippen LogP contribution is 2.39. The van der Waals surface area contributed by atoms with Gasteiger partial charge in [-0.1, -0.05) is 35.3 Å². The molecule has 1 heterocycles. The van der Waals surface area contributed by atoms with Crippen molar-refractivity contribution < 1.29 is 9.90 Å². The maximum atomic E-state index is 11.7. The first-order valence-electron chi connectivity index (χ1n) is 6.82. The third-order valence-corrected chi connectivity index (χ3v) is 5.14. The van der Waals surface area contributed by atoms with Crippen molar-refractivity contribution in [1.29, 1.82) is 0 Å². The molecule has 2 unspecified atom stereocenters. The van der Waals surface area contributed by atoms with Crippen molar-refractivity contribution in [2.45, 2.75) is 44.7 Å². The zero-order valence-electron chi connectivity index (χ0n) is 11.7. The summed E-state index contributed by atoms with van der Waals surface area (Å²) in [4.78, 5) is 13.7. The minimum atomic E-state index is -0.844. The van der Waals surface area contributed by atoms with Crippen LogP contribution in [0.2, 0.25) is 10.0 Å². The normalized spacial score (nSPS) is 25.4. The fourth-order valence-corrected chi connectivity index (χ4v) is 3.47. The number of hydrogen-bond donors (Lipinski definition) is 1. The highest BCUT2D eigenvalue weighted by Gasteiger charge is 2.43. The molecule has 0 radical (unpaired) electrons. The van der Waals surface area contributed by atoms with Gasteiger partial charge in [0.05, 0.1) is 10.0 Å². The molecule has 1 saturated heterocycles. The second-order valence-corrected chi connectivity index (χ2v) is 6.33. The lowest BCUT2D eigenvalue weighted by Crippen LogP contribution is -2.55. The Morgan fingerprint density at radius 2 is 2.10 bits per heavy atom. The lowest BCUT2D eigenvalue weighted by molar-refractivity contribution is -0.155. The number of hydrogen-bond acceptors (Lipinski definition) is 2. The molecule has 1 N–H and O–H groups in total. The number of aliphatic carboxylic acids is 1. The zero-order chi connectivity index (χ0) is 14.9. The van der Waals surface area contributed by atoms with Crippen molar-refractivity contribution in [2.24, 2.45) is 0 Å². The van der Waals surface area contributed by atoms with Gasteiger partial charge >= 0.3 is 5.97 Å². The molecule has 2 rings (SSSR count). The van der Waals surface area contributed by atoms with E-state index < -0.39 is 11.5 Å². The van der Waals surface area contributed by atoms with Gasteiger partial charge in [-0.05, 0) is 51.3 Å². The van der Waals surface area contributed by atoms with Crippen molar-refractivity contribution in [3.8, 4) is 0 Å². The van der Waals surface area contributed by atoms with Crippen LogP contribution in [0.4, 0.5) is 0 Å². The number of rotatable bonds is 3. The van der Waals surface area contributed by atoms with E-state index in [1.807, 2.05) is 24.0 Å². The lowest BCUT2D eigenvalue weighted by atomic mass is 9.86. The number of halogens is 2. The van der Waals surface area contributed by atoms with E-state index in [0.717, 1.165) is 24.9 Å². The molecule has 1 fully saturated rings. The third-order valence-electron chi connectivity index (χ3n) is 4.31. The largest absolute Gasteiger partial charge is 0.480 e. The van der Waals surface area contributed by atoms with Crippen LogP contribution >= 0.6 is 23.2 Å². The Labute approximate surface area is 129 Å². The van der Waals surface area contributed by atoms with Crippen LogP contribution < -0.4 is 0 Å². The Balaban J connectivity index is 2.37. The van der Waals surface area contributed by atoms with E-state index in [-0.39, 0.29) is 6.04 Å². The smallest absolute Gasteiger partial charge is 0.323 e. The van der Waals surface area contributed by atoms with Crippen molar-refractivity contribution in [3.63, 3.8) is 0 Å². The van der Waals surface area contributed by atoms with Crippen LogP contribution in [0.1, 0.15) is 44.7 Å². The quantitative estimate of drug-likeness (QED) is 0.899. The summed E-state index contributed by atoms with van der Waals surface area (Å²) in [6.45, 7) is 4.54. The number of carbonyl (C=O) groups is 1. The summed E-state index contributed by atoms with van der Waals surface area (Å²) in [6.07, 6.45) is 2.60. The lowest BCUT2D eigenvalue weighted by Gasteiger charge is -2.45. The number of nitrogens with zero attached hydrogens (tertiary/aromatic N) is 1. The van der Waals surface area contributed by atoms with Crippen LogP contribution in [0.3, 0.4) is 0 Å². The molecular formula is C15H19Cl2NO2. The van der Waals surface area contributed by atoms with E-state index >= 15 is 0 Å². The van der Waals surface area contributed by atoms with Crippen LogP contribution in [0.25, 0.3) is 0 Å². The first-order valence-corrected chi connectivity index (χ1v) is 7.57. The van der Waals surface area contributed by atoms with Crippen LogP contribution in [0.15, 0.2) is 18.2 Å². The van der Waals surface area contributed by atoms with Crippen LogP contribution in [-0.2, 0) is 4.79 Å². The summed E-state index contributed by atoms with van der Waals surface area (Å²) in [5.74, 6) is -0.776. The van der Waals surface area contributed by atoms with Crippen molar-refractivity contribution in [2.75, 3.05) is 6.54 Å². The number of carboxylic acid groups (broad SMARTS) is 1. The summed E-state index contributed by atoms with van der Waals surface area (Å²) < 4.78 is 0. The molecule has 2 atom stereocenters. The monoisotopic (exact) mass is 315 g/mol. The van der Waals surface area contributed by atoms with Gasteiger partial charge in [0.25, 0.3) is 0 Å². The topological polar surface area (TPSA) is 40.5 Å². The Hall–Kier alpha value is -0.770. The summed E-state index contributed by atoms with van der Waals surface area (Å²) in [6, 6.07) is 5.42. The molecule has 20 heavy (non-hydrogen) atoms. The predicted molar refractivity (Wildman–Crippen MR) is 81.5 cm³/mol. The predicted octanol–water partition coefficient (Wildman–Crippen LogP) is 4.38. The van der Waals surface area contributed by atoms with E-state index in [9.17, 15) is 9.90 Å². The molecule has 0 spiro atoms. The Kier molecular flexibility index (Phi) is 4.62. The molecule has 0 amide bonds. The van der Waals surface area contributed by atoms with Gasteiger partial charge in [-0.25, -0.2) is 0 Å². The highest BCUT2D eigenvalue weighted by atomic mass is 35.5.